The van der Waals surface area contributed by atoms with Crippen LogP contribution < -0.4 is 11.2 Å². The van der Waals surface area contributed by atoms with Crippen molar-refractivity contribution in [2.45, 2.75) is 25.8 Å². The maximum absolute atomic E-state index is 12.3. The smallest absolute Gasteiger partial charge is 0.309 e. The van der Waals surface area contributed by atoms with Crippen LogP contribution in [0.25, 0.3) is 10.9 Å². The third-order valence-corrected chi connectivity index (χ3v) is 3.38. The number of nitrogens with zero attached hydrogens (tertiary/aromatic N) is 2. The van der Waals surface area contributed by atoms with E-state index >= 15 is 0 Å². The Morgan fingerprint density at radius 2 is 1.85 bits per heavy atom. The Bertz CT molecular complexity index is 685. The van der Waals surface area contributed by atoms with Gasteiger partial charge in [-0.3, -0.25) is 9.36 Å². The van der Waals surface area contributed by atoms with Crippen molar-refractivity contribution in [1.29, 1.82) is 0 Å². The third kappa shape index (κ3) is 3.36. The summed E-state index contributed by atoms with van der Waals surface area (Å²) in [4.78, 5) is 29.1. The minimum atomic E-state index is -0.318. The van der Waals surface area contributed by atoms with Crippen LogP contribution in [0.15, 0.2) is 33.9 Å². The number of benzene rings is 1. The predicted octanol–water partition coefficient (Wildman–Crippen LogP) is 1.42. The lowest BCUT2D eigenvalue weighted by molar-refractivity contribution is 0.387. The van der Waals surface area contributed by atoms with Crippen molar-refractivity contribution in [1.82, 2.24) is 14.5 Å². The van der Waals surface area contributed by atoms with Crippen molar-refractivity contribution in [3.05, 3.63) is 45.1 Å². The fourth-order valence-corrected chi connectivity index (χ4v) is 2.28. The Morgan fingerprint density at radius 1 is 1.10 bits per heavy atom. The molecule has 2 rings (SSSR count). The fraction of sp³-hybridized carbons (Fsp3) is 0.467. The van der Waals surface area contributed by atoms with Gasteiger partial charge in [0.05, 0.1) is 10.9 Å². The highest BCUT2D eigenvalue weighted by Crippen LogP contribution is 2.04. The van der Waals surface area contributed by atoms with E-state index < -0.39 is 0 Å². The molecule has 0 saturated carbocycles. The van der Waals surface area contributed by atoms with Crippen molar-refractivity contribution in [3.63, 3.8) is 0 Å². The minimum Gasteiger partial charge on any atom is -0.309 e. The highest BCUT2D eigenvalue weighted by Gasteiger charge is 2.06. The van der Waals surface area contributed by atoms with Gasteiger partial charge in [0.1, 0.15) is 0 Å². The van der Waals surface area contributed by atoms with Crippen LogP contribution in [0, 0.1) is 0 Å². The monoisotopic (exact) mass is 275 g/mol. The summed E-state index contributed by atoms with van der Waals surface area (Å²) in [5.74, 6) is 0. The topological polar surface area (TPSA) is 58.1 Å². The fourth-order valence-electron chi connectivity index (χ4n) is 2.28. The lowest BCUT2D eigenvalue weighted by Crippen LogP contribution is -2.35. The van der Waals surface area contributed by atoms with E-state index in [4.69, 9.17) is 0 Å². The molecule has 0 amide bonds. The van der Waals surface area contributed by atoms with E-state index in [1.165, 1.54) is 4.57 Å². The number of hydrogen-bond donors (Lipinski definition) is 1. The van der Waals surface area contributed by atoms with Crippen LogP contribution in [0.2, 0.25) is 0 Å². The standard InChI is InChI=1S/C15H21N3O2/c1-17(2)10-6-3-7-11-18-14(19)12-8-4-5-9-13(12)16-15(18)20/h4-5,8-9H,3,6-7,10-11H2,1-2H3,(H,16,20). The Kier molecular flexibility index (Phi) is 4.74. The van der Waals surface area contributed by atoms with Gasteiger partial charge >= 0.3 is 5.69 Å². The normalized spacial score (nSPS) is 11.3. The van der Waals surface area contributed by atoms with Gasteiger partial charge < -0.3 is 9.88 Å². The summed E-state index contributed by atoms with van der Waals surface area (Å²) in [6.07, 6.45) is 2.93. The summed E-state index contributed by atoms with van der Waals surface area (Å²) in [5, 5.41) is 0.570. The summed E-state index contributed by atoms with van der Waals surface area (Å²) in [7, 11) is 4.08. The van der Waals surface area contributed by atoms with E-state index in [0.717, 1.165) is 25.8 Å². The van der Waals surface area contributed by atoms with Gasteiger partial charge in [0.25, 0.3) is 5.56 Å². The van der Waals surface area contributed by atoms with Crippen LogP contribution in [-0.2, 0) is 6.54 Å². The number of unbranched alkanes of at least 4 members (excludes halogenated alkanes) is 2. The molecule has 0 spiro atoms. The van der Waals surface area contributed by atoms with Gasteiger partial charge in [-0.15, -0.1) is 0 Å². The Balaban J connectivity index is 2.10. The number of aromatic amines is 1. The van der Waals surface area contributed by atoms with Gasteiger partial charge in [0, 0.05) is 6.54 Å². The number of aromatic nitrogens is 2. The van der Waals surface area contributed by atoms with Crippen LogP contribution >= 0.6 is 0 Å². The first kappa shape index (κ1) is 14.5. The number of nitrogens with one attached hydrogen (secondary N) is 1. The lowest BCUT2D eigenvalue weighted by atomic mass is 10.2. The van der Waals surface area contributed by atoms with Crippen LogP contribution in [-0.4, -0.2) is 35.1 Å². The first-order valence-corrected chi connectivity index (χ1v) is 6.96. The molecule has 1 aromatic carbocycles. The molecule has 1 heterocycles. The second-order valence-corrected chi connectivity index (χ2v) is 5.30. The summed E-state index contributed by atoms with van der Waals surface area (Å²) in [5.41, 5.74) is 0.0876. The largest absolute Gasteiger partial charge is 0.328 e. The van der Waals surface area contributed by atoms with Gasteiger partial charge in [-0.05, 0) is 45.6 Å². The molecule has 1 aromatic heterocycles. The lowest BCUT2D eigenvalue weighted by Gasteiger charge is -2.09. The number of H-pyrrole nitrogens is 1. The second-order valence-electron chi connectivity index (χ2n) is 5.30. The molecule has 0 unspecified atom stereocenters. The molecule has 0 aliphatic carbocycles. The zero-order chi connectivity index (χ0) is 14.5. The maximum Gasteiger partial charge on any atom is 0.328 e. The molecule has 0 saturated heterocycles. The van der Waals surface area contributed by atoms with Crippen LogP contribution in [0.4, 0.5) is 0 Å². The minimum absolute atomic E-state index is 0.197. The highest BCUT2D eigenvalue weighted by atomic mass is 16.2. The molecule has 0 bridgehead atoms. The molecule has 0 aliphatic heterocycles. The summed E-state index contributed by atoms with van der Waals surface area (Å²) in [6.45, 7) is 1.51. The Morgan fingerprint density at radius 3 is 2.60 bits per heavy atom. The summed E-state index contributed by atoms with van der Waals surface area (Å²) < 4.78 is 1.30. The SMILES string of the molecule is CN(C)CCCCCn1c(=O)[nH]c2ccccc2c1=O. The zero-order valence-electron chi connectivity index (χ0n) is 12.1. The molecule has 5 nitrogen and oxygen atoms in total. The van der Waals surface area contributed by atoms with E-state index in [1.807, 2.05) is 26.2 Å². The van der Waals surface area contributed by atoms with Crippen LogP contribution in [0.3, 0.4) is 0 Å². The molecule has 1 N–H and O–H groups in total. The van der Waals surface area contributed by atoms with E-state index in [9.17, 15) is 9.59 Å². The summed E-state index contributed by atoms with van der Waals surface area (Å²) in [6, 6.07) is 7.11. The molecule has 20 heavy (non-hydrogen) atoms. The summed E-state index contributed by atoms with van der Waals surface area (Å²) >= 11 is 0. The molecule has 0 atom stereocenters. The van der Waals surface area contributed by atoms with E-state index in [1.54, 1.807) is 12.1 Å². The molecular weight excluding hydrogens is 254 g/mol. The number of hydrogen-bond acceptors (Lipinski definition) is 3. The van der Waals surface area contributed by atoms with Crippen LogP contribution in [0.5, 0.6) is 0 Å². The second kappa shape index (κ2) is 6.52. The molecule has 5 heteroatoms. The van der Waals surface area contributed by atoms with E-state index in [0.29, 0.717) is 17.4 Å². The molecule has 2 aromatic rings. The first-order chi connectivity index (χ1) is 9.59. The Labute approximate surface area is 117 Å². The van der Waals surface area contributed by atoms with Crippen molar-refractivity contribution in [2.75, 3.05) is 20.6 Å². The zero-order valence-corrected chi connectivity index (χ0v) is 12.1. The van der Waals surface area contributed by atoms with Crippen molar-refractivity contribution < 1.29 is 0 Å². The average molecular weight is 275 g/mol. The van der Waals surface area contributed by atoms with E-state index in [-0.39, 0.29) is 11.2 Å². The van der Waals surface area contributed by atoms with Gasteiger partial charge in [-0.2, -0.15) is 0 Å². The number of para-hydroxylation sites is 1. The van der Waals surface area contributed by atoms with Crippen molar-refractivity contribution in [3.8, 4) is 0 Å². The number of rotatable bonds is 6. The maximum atomic E-state index is 12.3. The first-order valence-electron chi connectivity index (χ1n) is 6.96. The van der Waals surface area contributed by atoms with Gasteiger partial charge in [-0.25, -0.2) is 4.79 Å². The van der Waals surface area contributed by atoms with Crippen molar-refractivity contribution in [2.24, 2.45) is 0 Å². The molecule has 0 fully saturated rings. The predicted molar refractivity (Wildman–Crippen MR) is 81.2 cm³/mol. The van der Waals surface area contributed by atoms with Crippen molar-refractivity contribution >= 4 is 10.9 Å². The molecule has 108 valence electrons. The third-order valence-electron chi connectivity index (χ3n) is 3.38. The highest BCUT2D eigenvalue weighted by molar-refractivity contribution is 5.76. The van der Waals surface area contributed by atoms with Gasteiger partial charge in [0.15, 0.2) is 0 Å². The van der Waals surface area contributed by atoms with Crippen LogP contribution in [0.1, 0.15) is 19.3 Å². The van der Waals surface area contributed by atoms with E-state index in [2.05, 4.69) is 9.88 Å². The van der Waals surface area contributed by atoms with Gasteiger partial charge in [0.2, 0.25) is 0 Å². The van der Waals surface area contributed by atoms with Gasteiger partial charge in [-0.1, -0.05) is 18.6 Å². The number of fused-ring (bicyclic) bond motifs is 1. The molecule has 0 radical (unpaired) electrons. The molecule has 0 aliphatic rings. The quantitative estimate of drug-likeness (QED) is 0.811. The average Bonchev–Trinajstić information content (AvgIpc) is 2.41. The molecular formula is C15H21N3O2. The Hall–Kier alpha value is -1.88.